The topological polar surface area (TPSA) is 108 Å². The number of amides is 3. The predicted molar refractivity (Wildman–Crippen MR) is 129 cm³/mol. The maximum Gasteiger partial charge on any atom is 0.408 e. The normalized spacial score (nSPS) is 17.9. The molecule has 8 heteroatoms. The summed E-state index contributed by atoms with van der Waals surface area (Å²) < 4.78 is 5.24. The van der Waals surface area contributed by atoms with Crippen molar-refractivity contribution >= 4 is 23.6 Å². The number of alkyl carbamates (subject to hydrolysis) is 1. The number of aromatic hydroxyl groups is 1. The summed E-state index contributed by atoms with van der Waals surface area (Å²) in [5.41, 5.74) is 1.41. The number of nitrogens with one attached hydrogen (secondary N) is 2. The molecule has 3 amide bonds. The molecule has 0 aliphatic heterocycles. The van der Waals surface area contributed by atoms with Gasteiger partial charge in [0.05, 0.1) is 0 Å². The van der Waals surface area contributed by atoms with Crippen LogP contribution in [0.15, 0.2) is 48.5 Å². The Morgan fingerprint density at radius 2 is 1.74 bits per heavy atom. The average molecular weight is 468 g/mol. The van der Waals surface area contributed by atoms with Gasteiger partial charge in [-0.3, -0.25) is 9.59 Å². The first kappa shape index (κ1) is 25.1. The van der Waals surface area contributed by atoms with Crippen molar-refractivity contribution < 1.29 is 24.2 Å². The smallest absolute Gasteiger partial charge is 0.408 e. The van der Waals surface area contributed by atoms with Crippen molar-refractivity contribution in [2.45, 2.75) is 58.7 Å². The van der Waals surface area contributed by atoms with Gasteiger partial charge in [0.1, 0.15) is 23.9 Å². The molecule has 3 N–H and O–H groups in total. The Kier molecular flexibility index (Phi) is 7.49. The lowest BCUT2D eigenvalue weighted by molar-refractivity contribution is -0.139. The minimum atomic E-state index is -0.942. The van der Waals surface area contributed by atoms with Gasteiger partial charge in [-0.1, -0.05) is 37.3 Å². The molecule has 34 heavy (non-hydrogen) atoms. The fourth-order valence-corrected chi connectivity index (χ4v) is 3.77. The summed E-state index contributed by atoms with van der Waals surface area (Å²) in [6.07, 6.45) is 0.0555. The molecule has 2 aromatic carbocycles. The van der Waals surface area contributed by atoms with Gasteiger partial charge in [-0.15, -0.1) is 0 Å². The number of nitrogens with zero attached hydrogens (tertiary/aromatic N) is 1. The van der Waals surface area contributed by atoms with E-state index in [1.54, 1.807) is 43.9 Å². The molecule has 1 aliphatic rings. The SMILES string of the molecule is Cc1ccccc1NC(=O)C(c1ccc(O)cc1)N(C(=O)CNC(=O)OC(C)(C)C)C1CC1C. The first-order valence-corrected chi connectivity index (χ1v) is 11.4. The lowest BCUT2D eigenvalue weighted by Gasteiger charge is -2.32. The van der Waals surface area contributed by atoms with Gasteiger partial charge in [-0.05, 0) is 69.4 Å². The Hall–Kier alpha value is -3.55. The van der Waals surface area contributed by atoms with Crippen LogP contribution in [0.4, 0.5) is 10.5 Å². The van der Waals surface area contributed by atoms with E-state index in [9.17, 15) is 19.5 Å². The highest BCUT2D eigenvalue weighted by molar-refractivity contribution is 5.99. The standard InChI is InChI=1S/C26H33N3O5/c1-16-8-6-7-9-20(16)28-24(32)23(18-10-12-19(30)13-11-18)29(21-14-17(21)2)22(31)15-27-25(33)34-26(3,4)5/h6-13,17,21,23,30H,14-15H2,1-5H3,(H,27,33)(H,28,32). The summed E-state index contributed by atoms with van der Waals surface area (Å²) in [6, 6.07) is 12.6. The average Bonchev–Trinajstić information content (AvgIpc) is 3.47. The summed E-state index contributed by atoms with van der Waals surface area (Å²) >= 11 is 0. The highest BCUT2D eigenvalue weighted by atomic mass is 16.6. The molecule has 0 spiro atoms. The first-order valence-electron chi connectivity index (χ1n) is 11.4. The van der Waals surface area contributed by atoms with Crippen LogP contribution >= 0.6 is 0 Å². The highest BCUT2D eigenvalue weighted by Crippen LogP contribution is 2.40. The molecule has 3 unspecified atom stereocenters. The molecule has 1 fully saturated rings. The Balaban J connectivity index is 1.89. The lowest BCUT2D eigenvalue weighted by Crippen LogP contribution is -2.48. The zero-order chi connectivity index (χ0) is 25.0. The van der Waals surface area contributed by atoms with Crippen molar-refractivity contribution in [1.29, 1.82) is 0 Å². The molecule has 0 bridgehead atoms. The molecule has 0 radical (unpaired) electrons. The van der Waals surface area contributed by atoms with Gasteiger partial charge in [-0.25, -0.2) is 4.79 Å². The number of anilines is 1. The second-order valence-electron chi connectivity index (χ2n) is 9.74. The van der Waals surface area contributed by atoms with E-state index in [4.69, 9.17) is 4.74 Å². The van der Waals surface area contributed by atoms with Gasteiger partial charge >= 0.3 is 6.09 Å². The second-order valence-corrected chi connectivity index (χ2v) is 9.74. The number of para-hydroxylation sites is 1. The summed E-state index contributed by atoms with van der Waals surface area (Å²) in [6.45, 7) is 8.82. The third-order valence-corrected chi connectivity index (χ3v) is 5.63. The third-order valence-electron chi connectivity index (χ3n) is 5.63. The van der Waals surface area contributed by atoms with Crippen LogP contribution in [0.5, 0.6) is 5.75 Å². The summed E-state index contributed by atoms with van der Waals surface area (Å²) in [5.74, 6) is -0.481. The number of aryl methyl sites for hydroxylation is 1. The number of benzene rings is 2. The molecular weight excluding hydrogens is 434 g/mol. The number of hydrogen-bond acceptors (Lipinski definition) is 5. The molecular formula is C26H33N3O5. The van der Waals surface area contributed by atoms with Crippen LogP contribution in [0.25, 0.3) is 0 Å². The first-order chi connectivity index (χ1) is 16.0. The van der Waals surface area contributed by atoms with Crippen molar-refractivity contribution in [3.8, 4) is 5.75 Å². The van der Waals surface area contributed by atoms with Crippen molar-refractivity contribution in [3.63, 3.8) is 0 Å². The van der Waals surface area contributed by atoms with E-state index in [0.29, 0.717) is 11.3 Å². The maximum atomic E-state index is 13.6. The van der Waals surface area contributed by atoms with E-state index in [1.165, 1.54) is 12.1 Å². The Labute approximate surface area is 200 Å². The van der Waals surface area contributed by atoms with E-state index in [-0.39, 0.29) is 30.2 Å². The quantitative estimate of drug-likeness (QED) is 0.567. The van der Waals surface area contributed by atoms with E-state index >= 15 is 0 Å². The summed E-state index contributed by atoms with van der Waals surface area (Å²) in [5, 5.41) is 15.2. The van der Waals surface area contributed by atoms with E-state index in [0.717, 1.165) is 12.0 Å². The molecule has 0 heterocycles. The maximum absolute atomic E-state index is 13.6. The van der Waals surface area contributed by atoms with Gasteiger partial charge in [-0.2, -0.15) is 0 Å². The van der Waals surface area contributed by atoms with Gasteiger partial charge in [0.25, 0.3) is 5.91 Å². The number of ether oxygens (including phenoxy) is 1. The molecule has 3 atom stereocenters. The zero-order valence-corrected chi connectivity index (χ0v) is 20.3. The summed E-state index contributed by atoms with van der Waals surface area (Å²) in [7, 11) is 0. The van der Waals surface area contributed by atoms with Gasteiger partial charge in [0.2, 0.25) is 5.91 Å². The van der Waals surface area contributed by atoms with Crippen LogP contribution in [0.2, 0.25) is 0 Å². The van der Waals surface area contributed by atoms with Crippen molar-refractivity contribution in [1.82, 2.24) is 10.2 Å². The van der Waals surface area contributed by atoms with E-state index < -0.39 is 23.6 Å². The fourth-order valence-electron chi connectivity index (χ4n) is 3.77. The molecule has 1 aliphatic carbocycles. The number of hydrogen-bond donors (Lipinski definition) is 3. The Morgan fingerprint density at radius 1 is 1.12 bits per heavy atom. The van der Waals surface area contributed by atoms with Crippen molar-refractivity contribution in [2.75, 3.05) is 11.9 Å². The van der Waals surface area contributed by atoms with Crippen LogP contribution < -0.4 is 10.6 Å². The van der Waals surface area contributed by atoms with E-state index in [1.807, 2.05) is 32.0 Å². The second kappa shape index (κ2) is 10.2. The third kappa shape index (κ3) is 6.50. The minimum Gasteiger partial charge on any atom is -0.508 e. The van der Waals surface area contributed by atoms with Gasteiger partial charge in [0, 0.05) is 11.7 Å². The molecule has 0 saturated heterocycles. The van der Waals surface area contributed by atoms with Crippen molar-refractivity contribution in [2.24, 2.45) is 5.92 Å². The number of phenols is 1. The molecule has 8 nitrogen and oxygen atoms in total. The molecule has 2 aromatic rings. The number of rotatable bonds is 7. The van der Waals surface area contributed by atoms with Crippen molar-refractivity contribution in [3.05, 3.63) is 59.7 Å². The highest BCUT2D eigenvalue weighted by Gasteiger charge is 2.46. The molecule has 3 rings (SSSR count). The van der Waals surface area contributed by atoms with Crippen LogP contribution in [0, 0.1) is 12.8 Å². The Bertz CT molecular complexity index is 1050. The van der Waals surface area contributed by atoms with Crippen LogP contribution in [-0.4, -0.2) is 46.1 Å². The number of carbonyl (C=O) groups is 3. The predicted octanol–water partition coefficient (Wildman–Crippen LogP) is 4.14. The zero-order valence-electron chi connectivity index (χ0n) is 20.3. The van der Waals surface area contributed by atoms with E-state index in [2.05, 4.69) is 10.6 Å². The fraction of sp³-hybridized carbons (Fsp3) is 0.423. The Morgan fingerprint density at radius 3 is 2.29 bits per heavy atom. The minimum absolute atomic E-state index is 0.0612. The number of carbonyl (C=O) groups excluding carboxylic acids is 3. The van der Waals surface area contributed by atoms with Crippen LogP contribution in [-0.2, 0) is 14.3 Å². The van der Waals surface area contributed by atoms with Gasteiger partial charge < -0.3 is 25.4 Å². The molecule has 0 aromatic heterocycles. The van der Waals surface area contributed by atoms with Gasteiger partial charge in [0.15, 0.2) is 0 Å². The largest absolute Gasteiger partial charge is 0.508 e. The summed E-state index contributed by atoms with van der Waals surface area (Å²) in [4.78, 5) is 40.6. The molecule has 182 valence electrons. The molecule has 1 saturated carbocycles. The lowest BCUT2D eigenvalue weighted by atomic mass is 10.0. The van der Waals surface area contributed by atoms with Crippen LogP contribution in [0.3, 0.4) is 0 Å². The monoisotopic (exact) mass is 467 g/mol. The number of phenolic OH excluding ortho intramolecular Hbond substituents is 1. The van der Waals surface area contributed by atoms with Crippen LogP contribution in [0.1, 0.15) is 51.3 Å².